The standard InChI is InChI=1S/C12H19IN2O/c1-7(2)5-6-9-14-11(8(3)4)10(13)12(16)15-9/h7-8H,5-6H2,1-4H3,(H,14,15,16). The van der Waals surface area contributed by atoms with E-state index in [1.54, 1.807) is 0 Å². The molecule has 0 bridgehead atoms. The van der Waals surface area contributed by atoms with Crippen LogP contribution in [0.3, 0.4) is 0 Å². The van der Waals surface area contributed by atoms with Crippen LogP contribution in [0.5, 0.6) is 0 Å². The van der Waals surface area contributed by atoms with Crippen LogP contribution in [-0.2, 0) is 6.42 Å². The average molecular weight is 334 g/mol. The number of hydrogen-bond acceptors (Lipinski definition) is 2. The number of H-pyrrole nitrogens is 1. The molecule has 1 aromatic heterocycles. The molecule has 0 saturated carbocycles. The lowest BCUT2D eigenvalue weighted by Gasteiger charge is -2.10. The summed E-state index contributed by atoms with van der Waals surface area (Å²) >= 11 is 2.07. The van der Waals surface area contributed by atoms with Crippen molar-refractivity contribution in [2.24, 2.45) is 5.92 Å². The van der Waals surface area contributed by atoms with Crippen molar-refractivity contribution in [1.82, 2.24) is 9.97 Å². The maximum Gasteiger partial charge on any atom is 0.264 e. The van der Waals surface area contributed by atoms with Crippen LogP contribution in [-0.4, -0.2) is 9.97 Å². The number of aromatic amines is 1. The average Bonchev–Trinajstić information content (AvgIpc) is 2.19. The van der Waals surface area contributed by atoms with Gasteiger partial charge in [0, 0.05) is 6.42 Å². The predicted molar refractivity (Wildman–Crippen MR) is 74.8 cm³/mol. The first-order valence-electron chi connectivity index (χ1n) is 5.70. The molecular formula is C12H19IN2O. The Morgan fingerprint density at radius 2 is 1.94 bits per heavy atom. The Kier molecular flexibility index (Phi) is 4.95. The second kappa shape index (κ2) is 5.80. The molecule has 0 aliphatic rings. The minimum Gasteiger partial charge on any atom is -0.310 e. The fourth-order valence-corrected chi connectivity index (χ4v) is 2.33. The van der Waals surface area contributed by atoms with E-state index in [0.29, 0.717) is 11.8 Å². The number of hydrogen-bond donors (Lipinski definition) is 1. The fraction of sp³-hybridized carbons (Fsp3) is 0.667. The van der Waals surface area contributed by atoms with E-state index in [9.17, 15) is 4.79 Å². The van der Waals surface area contributed by atoms with Gasteiger partial charge in [0.25, 0.3) is 5.56 Å². The van der Waals surface area contributed by atoms with Gasteiger partial charge in [-0.25, -0.2) is 4.98 Å². The third kappa shape index (κ3) is 3.57. The molecule has 1 aromatic rings. The molecule has 0 unspecified atom stereocenters. The quantitative estimate of drug-likeness (QED) is 0.860. The predicted octanol–water partition coefficient (Wildman–Crippen LogP) is 3.09. The summed E-state index contributed by atoms with van der Waals surface area (Å²) in [6, 6.07) is 0. The molecule has 1 heterocycles. The van der Waals surface area contributed by atoms with Gasteiger partial charge in [-0.3, -0.25) is 4.79 Å². The zero-order chi connectivity index (χ0) is 12.3. The molecule has 16 heavy (non-hydrogen) atoms. The van der Waals surface area contributed by atoms with E-state index < -0.39 is 0 Å². The van der Waals surface area contributed by atoms with E-state index in [1.165, 1.54) is 0 Å². The van der Waals surface area contributed by atoms with Crippen molar-refractivity contribution in [2.75, 3.05) is 0 Å². The van der Waals surface area contributed by atoms with Crippen molar-refractivity contribution < 1.29 is 0 Å². The van der Waals surface area contributed by atoms with Gasteiger partial charge in [0.1, 0.15) is 5.82 Å². The fourth-order valence-electron chi connectivity index (χ4n) is 1.45. The van der Waals surface area contributed by atoms with E-state index in [2.05, 4.69) is 60.3 Å². The van der Waals surface area contributed by atoms with E-state index in [-0.39, 0.29) is 5.56 Å². The van der Waals surface area contributed by atoms with Crippen LogP contribution in [0.4, 0.5) is 0 Å². The van der Waals surface area contributed by atoms with Crippen LogP contribution in [0.25, 0.3) is 0 Å². The molecule has 0 amide bonds. The highest BCUT2D eigenvalue weighted by molar-refractivity contribution is 14.1. The first-order valence-corrected chi connectivity index (χ1v) is 6.78. The highest BCUT2D eigenvalue weighted by atomic mass is 127. The number of aryl methyl sites for hydroxylation is 1. The Hall–Kier alpha value is -0.390. The SMILES string of the molecule is CC(C)CCc1nc(C(C)C)c(I)c(=O)[nH]1. The summed E-state index contributed by atoms with van der Waals surface area (Å²) in [6.45, 7) is 8.48. The largest absolute Gasteiger partial charge is 0.310 e. The second-order valence-electron chi connectivity index (χ2n) is 4.80. The van der Waals surface area contributed by atoms with Gasteiger partial charge in [0.15, 0.2) is 0 Å². The molecule has 0 aliphatic heterocycles. The summed E-state index contributed by atoms with van der Waals surface area (Å²) in [5, 5.41) is 0. The van der Waals surface area contributed by atoms with Gasteiger partial charge in [-0.1, -0.05) is 27.7 Å². The lowest BCUT2D eigenvalue weighted by molar-refractivity contribution is 0.570. The van der Waals surface area contributed by atoms with Crippen molar-refractivity contribution in [3.63, 3.8) is 0 Å². The van der Waals surface area contributed by atoms with Crippen LogP contribution < -0.4 is 5.56 Å². The minimum absolute atomic E-state index is 0.00180. The second-order valence-corrected chi connectivity index (χ2v) is 5.88. The van der Waals surface area contributed by atoms with E-state index in [1.807, 2.05) is 0 Å². The third-order valence-corrected chi connectivity index (χ3v) is 3.49. The molecule has 1 N–H and O–H groups in total. The first-order chi connectivity index (χ1) is 7.41. The molecule has 0 spiro atoms. The number of rotatable bonds is 4. The summed E-state index contributed by atoms with van der Waals surface area (Å²) in [6.07, 6.45) is 1.91. The molecule has 0 radical (unpaired) electrons. The smallest absolute Gasteiger partial charge is 0.264 e. The van der Waals surface area contributed by atoms with Crippen LogP contribution >= 0.6 is 22.6 Å². The lowest BCUT2D eigenvalue weighted by Crippen LogP contribution is -2.19. The lowest BCUT2D eigenvalue weighted by atomic mass is 10.1. The van der Waals surface area contributed by atoms with Crippen molar-refractivity contribution in [2.45, 2.75) is 46.5 Å². The Morgan fingerprint density at radius 1 is 1.31 bits per heavy atom. The van der Waals surface area contributed by atoms with Gasteiger partial charge in [-0.15, -0.1) is 0 Å². The zero-order valence-corrected chi connectivity index (χ0v) is 12.5. The Labute approximate surface area is 110 Å². The van der Waals surface area contributed by atoms with Gasteiger partial charge in [-0.05, 0) is 40.8 Å². The zero-order valence-electron chi connectivity index (χ0n) is 10.3. The summed E-state index contributed by atoms with van der Waals surface area (Å²) in [4.78, 5) is 19.1. The van der Waals surface area contributed by atoms with Crippen LogP contribution in [0.2, 0.25) is 0 Å². The van der Waals surface area contributed by atoms with Gasteiger partial charge < -0.3 is 4.98 Å². The van der Waals surface area contributed by atoms with E-state index >= 15 is 0 Å². The van der Waals surface area contributed by atoms with Crippen LogP contribution in [0.15, 0.2) is 4.79 Å². The highest BCUT2D eigenvalue weighted by Crippen LogP contribution is 2.16. The number of halogens is 1. The van der Waals surface area contributed by atoms with E-state index in [4.69, 9.17) is 0 Å². The number of nitrogens with one attached hydrogen (secondary N) is 1. The molecule has 0 aromatic carbocycles. The van der Waals surface area contributed by atoms with Crippen molar-refractivity contribution in [1.29, 1.82) is 0 Å². The van der Waals surface area contributed by atoms with Crippen LogP contribution in [0.1, 0.15) is 51.6 Å². The van der Waals surface area contributed by atoms with Gasteiger partial charge in [0.2, 0.25) is 0 Å². The normalized spacial score (nSPS) is 11.4. The molecule has 90 valence electrons. The number of aromatic nitrogens is 2. The van der Waals surface area contributed by atoms with Crippen molar-refractivity contribution >= 4 is 22.6 Å². The molecule has 0 fully saturated rings. The summed E-state index contributed by atoms with van der Waals surface area (Å²) < 4.78 is 0.723. The van der Waals surface area contributed by atoms with Gasteiger partial charge >= 0.3 is 0 Å². The Bertz CT molecular complexity index is 410. The minimum atomic E-state index is -0.00180. The van der Waals surface area contributed by atoms with Crippen LogP contribution in [0, 0.1) is 9.49 Å². The summed E-state index contributed by atoms with van der Waals surface area (Å²) in [7, 11) is 0. The number of nitrogens with zero attached hydrogens (tertiary/aromatic N) is 1. The van der Waals surface area contributed by atoms with E-state index in [0.717, 1.165) is 27.9 Å². The molecule has 1 rings (SSSR count). The molecule has 4 heteroatoms. The van der Waals surface area contributed by atoms with Crippen molar-refractivity contribution in [3.8, 4) is 0 Å². The summed E-state index contributed by atoms with van der Waals surface area (Å²) in [5.41, 5.74) is 0.918. The first kappa shape index (κ1) is 13.7. The summed E-state index contributed by atoms with van der Waals surface area (Å²) in [5.74, 6) is 1.75. The van der Waals surface area contributed by atoms with Gasteiger partial charge in [-0.2, -0.15) is 0 Å². The van der Waals surface area contributed by atoms with Crippen molar-refractivity contribution in [3.05, 3.63) is 25.4 Å². The molecule has 0 saturated heterocycles. The monoisotopic (exact) mass is 334 g/mol. The maximum atomic E-state index is 11.7. The highest BCUT2D eigenvalue weighted by Gasteiger charge is 2.12. The Morgan fingerprint density at radius 3 is 2.44 bits per heavy atom. The topological polar surface area (TPSA) is 45.8 Å². The third-order valence-electron chi connectivity index (χ3n) is 2.44. The molecular weight excluding hydrogens is 315 g/mol. The molecule has 0 aliphatic carbocycles. The maximum absolute atomic E-state index is 11.7. The van der Waals surface area contributed by atoms with Gasteiger partial charge in [0.05, 0.1) is 9.26 Å². The molecule has 3 nitrogen and oxygen atoms in total. The Balaban J connectivity index is 3.00. The molecule has 0 atom stereocenters.